The minimum absolute atomic E-state index is 0.177. The Bertz CT molecular complexity index is 1290. The Morgan fingerprint density at radius 1 is 0.969 bits per heavy atom. The molecule has 2 heterocycles. The van der Waals surface area contributed by atoms with Gasteiger partial charge in [-0.25, -0.2) is 4.99 Å². The lowest BCUT2D eigenvalue weighted by atomic mass is 9.96. The van der Waals surface area contributed by atoms with Crippen LogP contribution in [0.3, 0.4) is 0 Å². The number of hydrogen-bond acceptors (Lipinski definition) is 5. The summed E-state index contributed by atoms with van der Waals surface area (Å²) in [6, 6.07) is 18.3. The van der Waals surface area contributed by atoms with E-state index in [2.05, 4.69) is 51.4 Å². The molecule has 0 bridgehead atoms. The molecule has 2 unspecified atom stereocenters. The normalized spacial score (nSPS) is 18.2. The summed E-state index contributed by atoms with van der Waals surface area (Å²) in [4.78, 5) is 21.4. The van der Waals surface area contributed by atoms with Crippen LogP contribution in [0.4, 0.5) is 0 Å². The van der Waals surface area contributed by atoms with Crippen molar-refractivity contribution in [2.24, 2.45) is 15.9 Å². The minimum atomic E-state index is -0.373. The van der Waals surface area contributed by atoms with E-state index in [1.807, 2.05) is 66.1 Å². The van der Waals surface area contributed by atoms with Gasteiger partial charge in [0.1, 0.15) is 11.8 Å². The Morgan fingerprint density at radius 3 is 2.53 bits per heavy atom. The zero-order valence-corrected chi connectivity index (χ0v) is 18.5. The van der Waals surface area contributed by atoms with E-state index in [9.17, 15) is 4.79 Å². The third-order valence-electron chi connectivity index (χ3n) is 5.34. The van der Waals surface area contributed by atoms with Crippen LogP contribution < -0.4 is 0 Å². The lowest BCUT2D eigenvalue weighted by Crippen LogP contribution is -2.30. The van der Waals surface area contributed by atoms with Gasteiger partial charge in [0.25, 0.3) is 5.91 Å². The maximum Gasteiger partial charge on any atom is 0.260 e. The molecule has 0 N–H and O–H groups in total. The highest BCUT2D eigenvalue weighted by Gasteiger charge is 2.29. The van der Waals surface area contributed by atoms with Crippen molar-refractivity contribution in [2.75, 3.05) is 0 Å². The lowest BCUT2D eigenvalue weighted by Gasteiger charge is -2.20. The standard InChI is InChI=1S/C25H21N5OS/c1-16-12-14-18(15-13-16)23-28-29-25(30(23)19-8-4-3-5-9-19)32-17(2)22-26-21-11-7-6-10-20(21)24(31)27-22/h3-15,17,20H,1-2H3. The van der Waals surface area contributed by atoms with Crippen LogP contribution in [-0.2, 0) is 4.79 Å². The van der Waals surface area contributed by atoms with E-state index >= 15 is 0 Å². The topological polar surface area (TPSA) is 72.5 Å². The molecule has 0 fully saturated rings. The predicted octanol–water partition coefficient (Wildman–Crippen LogP) is 4.85. The number of benzene rings is 2. The number of thioether (sulfide) groups is 1. The zero-order chi connectivity index (χ0) is 22.1. The summed E-state index contributed by atoms with van der Waals surface area (Å²) in [5, 5.41) is 9.53. The monoisotopic (exact) mass is 439 g/mol. The number of allylic oxidation sites excluding steroid dienone is 3. The lowest BCUT2D eigenvalue weighted by molar-refractivity contribution is -0.118. The van der Waals surface area contributed by atoms with E-state index in [4.69, 9.17) is 0 Å². The fraction of sp³-hybridized carbons (Fsp3) is 0.160. The molecule has 0 spiro atoms. The molecule has 32 heavy (non-hydrogen) atoms. The minimum Gasteiger partial charge on any atom is -0.271 e. The molecular formula is C25H21N5OS. The first-order chi connectivity index (χ1) is 15.6. The fourth-order valence-electron chi connectivity index (χ4n) is 3.63. The largest absolute Gasteiger partial charge is 0.271 e. The number of fused-ring (bicyclic) bond motifs is 1. The summed E-state index contributed by atoms with van der Waals surface area (Å²) < 4.78 is 2.04. The molecule has 3 aromatic rings. The van der Waals surface area contributed by atoms with E-state index < -0.39 is 0 Å². The maximum absolute atomic E-state index is 12.5. The fourth-order valence-corrected chi connectivity index (χ4v) is 4.54. The number of carbonyl (C=O) groups excluding carboxylic acids is 1. The Labute approximate surface area is 190 Å². The summed E-state index contributed by atoms with van der Waals surface area (Å²) in [6.45, 7) is 4.04. The number of aromatic nitrogens is 3. The van der Waals surface area contributed by atoms with Gasteiger partial charge in [-0.1, -0.05) is 78.0 Å². The summed E-state index contributed by atoms with van der Waals surface area (Å²) in [7, 11) is 0. The first-order valence-electron chi connectivity index (χ1n) is 10.4. The van der Waals surface area contributed by atoms with Gasteiger partial charge in [0, 0.05) is 11.3 Å². The predicted molar refractivity (Wildman–Crippen MR) is 128 cm³/mol. The second-order valence-electron chi connectivity index (χ2n) is 7.67. The molecule has 1 aromatic heterocycles. The Hall–Kier alpha value is -3.58. The van der Waals surface area contributed by atoms with Crippen molar-refractivity contribution in [3.8, 4) is 17.1 Å². The van der Waals surface area contributed by atoms with Gasteiger partial charge >= 0.3 is 0 Å². The van der Waals surface area contributed by atoms with Crippen molar-refractivity contribution in [3.05, 3.63) is 84.5 Å². The average molecular weight is 440 g/mol. The molecule has 0 radical (unpaired) electrons. The van der Waals surface area contributed by atoms with Crippen molar-refractivity contribution >= 4 is 29.2 Å². The molecule has 5 rings (SSSR count). The van der Waals surface area contributed by atoms with Crippen LogP contribution in [0.1, 0.15) is 12.5 Å². The van der Waals surface area contributed by atoms with Crippen molar-refractivity contribution in [3.63, 3.8) is 0 Å². The van der Waals surface area contributed by atoms with Crippen molar-refractivity contribution in [1.29, 1.82) is 0 Å². The van der Waals surface area contributed by atoms with E-state index in [0.29, 0.717) is 5.84 Å². The van der Waals surface area contributed by atoms with Gasteiger partial charge < -0.3 is 0 Å². The molecule has 2 atom stereocenters. The molecule has 6 nitrogen and oxygen atoms in total. The number of para-hydroxylation sites is 1. The quantitative estimate of drug-likeness (QED) is 0.533. The van der Waals surface area contributed by atoms with Crippen LogP contribution in [-0.4, -0.2) is 37.5 Å². The van der Waals surface area contributed by atoms with Gasteiger partial charge in [-0.2, -0.15) is 4.99 Å². The van der Waals surface area contributed by atoms with Crippen LogP contribution in [0.15, 0.2) is 94.0 Å². The molecular weight excluding hydrogens is 418 g/mol. The summed E-state index contributed by atoms with van der Waals surface area (Å²) in [5.41, 5.74) is 3.88. The number of amidine groups is 1. The zero-order valence-electron chi connectivity index (χ0n) is 17.7. The number of amides is 1. The van der Waals surface area contributed by atoms with Crippen LogP contribution >= 0.6 is 11.8 Å². The van der Waals surface area contributed by atoms with Gasteiger partial charge in [-0.15, -0.1) is 10.2 Å². The number of carbonyl (C=O) groups is 1. The van der Waals surface area contributed by atoms with Crippen LogP contribution in [0.2, 0.25) is 0 Å². The van der Waals surface area contributed by atoms with Crippen LogP contribution in [0, 0.1) is 12.8 Å². The number of nitrogens with zero attached hydrogens (tertiary/aromatic N) is 5. The third-order valence-corrected chi connectivity index (χ3v) is 6.38. The SMILES string of the molecule is Cc1ccc(-c2nnc(SC(C)C3=NC(=O)C4C=CC=CC4=N3)n2-c2ccccc2)cc1. The molecule has 7 heteroatoms. The molecule has 158 valence electrons. The highest BCUT2D eigenvalue weighted by atomic mass is 32.2. The highest BCUT2D eigenvalue weighted by molar-refractivity contribution is 8.00. The Balaban J connectivity index is 1.51. The molecule has 2 aromatic carbocycles. The first-order valence-corrected chi connectivity index (χ1v) is 11.3. The van der Waals surface area contributed by atoms with Crippen molar-refractivity contribution in [1.82, 2.24) is 14.8 Å². The summed E-state index contributed by atoms with van der Waals surface area (Å²) >= 11 is 1.49. The van der Waals surface area contributed by atoms with Crippen LogP contribution in [0.25, 0.3) is 17.1 Å². The summed E-state index contributed by atoms with van der Waals surface area (Å²) in [5.74, 6) is 0.718. The van der Waals surface area contributed by atoms with Gasteiger partial charge in [-0.05, 0) is 32.1 Å². The van der Waals surface area contributed by atoms with Gasteiger partial charge in [0.05, 0.1) is 11.0 Å². The number of hydrogen-bond donors (Lipinski definition) is 0. The second kappa shape index (κ2) is 8.51. The van der Waals surface area contributed by atoms with E-state index in [-0.39, 0.29) is 17.1 Å². The van der Waals surface area contributed by atoms with Crippen molar-refractivity contribution in [2.45, 2.75) is 24.3 Å². The van der Waals surface area contributed by atoms with E-state index in [1.54, 1.807) is 0 Å². The highest BCUT2D eigenvalue weighted by Crippen LogP contribution is 2.31. The van der Waals surface area contributed by atoms with Gasteiger partial charge in [-0.3, -0.25) is 9.36 Å². The van der Waals surface area contributed by atoms with Gasteiger partial charge in [0.15, 0.2) is 11.0 Å². The Morgan fingerprint density at radius 2 is 1.75 bits per heavy atom. The maximum atomic E-state index is 12.5. The molecule has 1 amide bonds. The number of aliphatic imine (C=N–C) groups is 2. The van der Waals surface area contributed by atoms with E-state index in [1.165, 1.54) is 17.3 Å². The van der Waals surface area contributed by atoms with E-state index in [0.717, 1.165) is 27.9 Å². The second-order valence-corrected chi connectivity index (χ2v) is 8.98. The first kappa shape index (κ1) is 20.3. The van der Waals surface area contributed by atoms with Gasteiger partial charge in [0.2, 0.25) is 0 Å². The summed E-state index contributed by atoms with van der Waals surface area (Å²) in [6.07, 6.45) is 7.45. The van der Waals surface area contributed by atoms with Crippen LogP contribution in [0.5, 0.6) is 0 Å². The Kier molecular flexibility index (Phi) is 5.41. The molecule has 0 saturated heterocycles. The molecule has 1 aliphatic heterocycles. The average Bonchev–Trinajstić information content (AvgIpc) is 3.23. The smallest absolute Gasteiger partial charge is 0.260 e. The number of aryl methyl sites for hydroxylation is 1. The molecule has 1 aliphatic carbocycles. The molecule has 2 aliphatic rings. The molecule has 0 saturated carbocycles. The van der Waals surface area contributed by atoms with Crippen molar-refractivity contribution < 1.29 is 4.79 Å². The third kappa shape index (κ3) is 3.87. The number of rotatable bonds is 5.